The number of carbonyl (C=O) groups excluding carboxylic acids is 3. The Morgan fingerprint density at radius 2 is 1.82 bits per heavy atom. The van der Waals surface area contributed by atoms with Gasteiger partial charge < -0.3 is 9.47 Å². The fraction of sp³-hybridized carbons (Fsp3) is 0.259. The van der Waals surface area contributed by atoms with Crippen LogP contribution in [0, 0.1) is 0 Å². The van der Waals surface area contributed by atoms with E-state index < -0.39 is 12.1 Å². The predicted molar refractivity (Wildman–Crippen MR) is 130 cm³/mol. The number of Topliss-reactive ketones (excluding diaryl/α,β-unsaturated/α-hetero) is 1. The van der Waals surface area contributed by atoms with E-state index in [4.69, 9.17) is 9.47 Å². The molecule has 0 saturated carbocycles. The summed E-state index contributed by atoms with van der Waals surface area (Å²) in [6.07, 6.45) is 2.43. The molecular formula is C27H25NO5S. The lowest BCUT2D eigenvalue weighted by Gasteiger charge is -2.19. The molecule has 0 bridgehead atoms. The van der Waals surface area contributed by atoms with Crippen molar-refractivity contribution in [3.63, 3.8) is 0 Å². The van der Waals surface area contributed by atoms with Crippen molar-refractivity contribution in [1.29, 1.82) is 0 Å². The maximum atomic E-state index is 12.7. The summed E-state index contributed by atoms with van der Waals surface area (Å²) in [7, 11) is 0. The number of pyridine rings is 1. The highest BCUT2D eigenvalue weighted by Gasteiger charge is 2.31. The van der Waals surface area contributed by atoms with Crippen LogP contribution in [0.2, 0.25) is 0 Å². The highest BCUT2D eigenvalue weighted by atomic mass is 32.2. The van der Waals surface area contributed by atoms with Crippen LogP contribution in [0.4, 0.5) is 0 Å². The number of hydrogen-bond donors (Lipinski definition) is 0. The second-order valence-corrected chi connectivity index (χ2v) is 9.24. The van der Waals surface area contributed by atoms with Gasteiger partial charge in [0.25, 0.3) is 0 Å². The zero-order valence-electron chi connectivity index (χ0n) is 18.8. The van der Waals surface area contributed by atoms with Crippen LogP contribution in [0.3, 0.4) is 0 Å². The van der Waals surface area contributed by atoms with Crippen LogP contribution >= 0.6 is 11.8 Å². The van der Waals surface area contributed by atoms with Crippen molar-refractivity contribution < 1.29 is 23.9 Å². The van der Waals surface area contributed by atoms with E-state index in [1.54, 1.807) is 30.5 Å². The number of hydrogen-bond acceptors (Lipinski definition) is 7. The number of aromatic nitrogens is 1. The van der Waals surface area contributed by atoms with Crippen LogP contribution in [0.1, 0.15) is 46.6 Å². The molecule has 0 amide bonds. The number of benzene rings is 2. The molecule has 174 valence electrons. The first kappa shape index (κ1) is 23.7. The van der Waals surface area contributed by atoms with Crippen molar-refractivity contribution in [1.82, 2.24) is 4.98 Å². The molecule has 1 aromatic heterocycles. The smallest absolute Gasteiger partial charge is 0.338 e. The molecule has 34 heavy (non-hydrogen) atoms. The van der Waals surface area contributed by atoms with Crippen LogP contribution in [-0.4, -0.2) is 33.7 Å². The van der Waals surface area contributed by atoms with Gasteiger partial charge in [-0.1, -0.05) is 55.1 Å². The van der Waals surface area contributed by atoms with Crippen LogP contribution in [0.25, 0.3) is 0 Å². The third-order valence-corrected chi connectivity index (χ3v) is 6.66. The second kappa shape index (κ2) is 11.1. The Balaban J connectivity index is 1.42. The summed E-state index contributed by atoms with van der Waals surface area (Å²) in [6, 6.07) is 20.0. The van der Waals surface area contributed by atoms with Gasteiger partial charge in [-0.3, -0.25) is 14.6 Å². The Bertz CT molecular complexity index is 1150. The molecule has 6 nitrogen and oxygen atoms in total. The van der Waals surface area contributed by atoms with Crippen LogP contribution in [0.5, 0.6) is 5.75 Å². The van der Waals surface area contributed by atoms with Gasteiger partial charge >= 0.3 is 5.97 Å². The van der Waals surface area contributed by atoms with Gasteiger partial charge in [0.1, 0.15) is 12.4 Å². The van der Waals surface area contributed by atoms with Gasteiger partial charge in [-0.15, -0.1) is 0 Å². The van der Waals surface area contributed by atoms with Crippen LogP contribution in [-0.2, 0) is 27.2 Å². The quantitative estimate of drug-likeness (QED) is 0.326. The molecule has 1 aliphatic rings. The molecule has 0 aliphatic carbocycles. The number of nitrogens with zero attached hydrogens (tertiary/aromatic N) is 1. The molecule has 2 unspecified atom stereocenters. The summed E-state index contributed by atoms with van der Waals surface area (Å²) < 4.78 is 11.7. The summed E-state index contributed by atoms with van der Waals surface area (Å²) in [5, 5.41) is -0.368. The van der Waals surface area contributed by atoms with Crippen LogP contribution in [0.15, 0.2) is 72.9 Å². The first-order chi connectivity index (χ1) is 16.5. The Hall–Kier alpha value is -3.45. The second-order valence-electron chi connectivity index (χ2n) is 7.98. The highest BCUT2D eigenvalue weighted by molar-refractivity contribution is 8.15. The number of rotatable bonds is 9. The van der Waals surface area contributed by atoms with Gasteiger partial charge in [0.2, 0.25) is 0 Å². The zero-order valence-corrected chi connectivity index (χ0v) is 19.6. The van der Waals surface area contributed by atoms with E-state index in [0.29, 0.717) is 17.7 Å². The number of carbonyl (C=O) groups is 3. The van der Waals surface area contributed by atoms with Gasteiger partial charge in [-0.25, -0.2) is 4.79 Å². The van der Waals surface area contributed by atoms with Crippen molar-refractivity contribution in [2.75, 3.05) is 6.61 Å². The summed E-state index contributed by atoms with van der Waals surface area (Å²) in [4.78, 5) is 40.4. The van der Waals surface area contributed by atoms with E-state index in [9.17, 15) is 14.4 Å². The molecule has 2 aromatic carbocycles. The van der Waals surface area contributed by atoms with E-state index >= 15 is 0 Å². The number of ketones is 1. The largest absolute Gasteiger partial charge is 0.489 e. The SMILES string of the molecule is CCc1ccc(C(COc2ccc(CC3SC(=O)CC3=O)cc2)OC(=O)c2ccccc2)cn1. The molecule has 1 saturated heterocycles. The van der Waals surface area contributed by atoms with Crippen molar-refractivity contribution in [3.8, 4) is 5.75 Å². The lowest BCUT2D eigenvalue weighted by atomic mass is 10.1. The first-order valence-corrected chi connectivity index (χ1v) is 12.0. The van der Waals surface area contributed by atoms with E-state index in [2.05, 4.69) is 4.98 Å². The lowest BCUT2D eigenvalue weighted by Crippen LogP contribution is -2.18. The van der Waals surface area contributed by atoms with E-state index in [1.165, 1.54) is 0 Å². The summed E-state index contributed by atoms with van der Waals surface area (Å²) in [5.74, 6) is 0.169. The molecule has 3 aromatic rings. The summed E-state index contributed by atoms with van der Waals surface area (Å²) in [5.41, 5.74) is 3.13. The molecule has 2 heterocycles. The van der Waals surface area contributed by atoms with Gasteiger partial charge in [-0.2, -0.15) is 0 Å². The molecule has 0 N–H and O–H groups in total. The third-order valence-electron chi connectivity index (χ3n) is 5.54. The van der Waals surface area contributed by atoms with Gasteiger partial charge in [0, 0.05) is 17.5 Å². The first-order valence-electron chi connectivity index (χ1n) is 11.2. The average molecular weight is 476 g/mol. The molecule has 0 spiro atoms. The fourth-order valence-electron chi connectivity index (χ4n) is 3.59. The van der Waals surface area contributed by atoms with E-state index in [0.717, 1.165) is 35.0 Å². The van der Waals surface area contributed by atoms with Crippen molar-refractivity contribution in [2.45, 2.75) is 37.5 Å². The fourth-order valence-corrected chi connectivity index (χ4v) is 4.62. The summed E-state index contributed by atoms with van der Waals surface area (Å²) in [6.45, 7) is 2.15. The number of thioether (sulfide) groups is 1. The van der Waals surface area contributed by atoms with E-state index in [-0.39, 0.29) is 29.2 Å². The monoisotopic (exact) mass is 475 g/mol. The Labute approximate surface area is 202 Å². The minimum atomic E-state index is -0.635. The molecule has 1 aliphatic heterocycles. The Morgan fingerprint density at radius 1 is 1.06 bits per heavy atom. The Morgan fingerprint density at radius 3 is 2.44 bits per heavy atom. The molecule has 4 rings (SSSR count). The topological polar surface area (TPSA) is 82.6 Å². The number of esters is 1. The molecule has 7 heteroatoms. The van der Waals surface area contributed by atoms with Crippen molar-refractivity contribution in [2.24, 2.45) is 0 Å². The van der Waals surface area contributed by atoms with Gasteiger partial charge in [0.15, 0.2) is 17.0 Å². The number of ether oxygens (including phenoxy) is 2. The molecule has 1 fully saturated rings. The number of aryl methyl sites for hydroxylation is 1. The average Bonchev–Trinajstić information content (AvgIpc) is 3.19. The molecular weight excluding hydrogens is 450 g/mol. The van der Waals surface area contributed by atoms with E-state index in [1.807, 2.05) is 49.4 Å². The van der Waals surface area contributed by atoms with Crippen molar-refractivity contribution in [3.05, 3.63) is 95.3 Å². The molecule has 2 atom stereocenters. The molecule has 0 radical (unpaired) electrons. The van der Waals surface area contributed by atoms with Gasteiger partial charge in [-0.05, 0) is 48.7 Å². The normalized spacial score (nSPS) is 16.3. The standard InChI is InChI=1S/C27H25NO5S/c1-2-21-11-10-20(16-28-21)24(33-27(31)19-6-4-3-5-7-19)17-32-22-12-8-18(9-13-22)14-25-23(29)15-26(30)34-25/h3-13,16,24-25H,2,14-15,17H2,1H3. The third kappa shape index (κ3) is 6.11. The Kier molecular flexibility index (Phi) is 7.75. The lowest BCUT2D eigenvalue weighted by molar-refractivity contribution is -0.121. The van der Waals surface area contributed by atoms with Gasteiger partial charge in [0.05, 0.1) is 17.2 Å². The minimum absolute atomic E-state index is 0.0129. The highest BCUT2D eigenvalue weighted by Crippen LogP contribution is 2.28. The predicted octanol–water partition coefficient (Wildman–Crippen LogP) is 4.76. The minimum Gasteiger partial charge on any atom is -0.489 e. The van der Waals surface area contributed by atoms with Crippen LogP contribution < -0.4 is 4.74 Å². The maximum absolute atomic E-state index is 12.7. The summed E-state index contributed by atoms with van der Waals surface area (Å²) >= 11 is 1.12. The zero-order chi connectivity index (χ0) is 23.9. The maximum Gasteiger partial charge on any atom is 0.338 e. The van der Waals surface area contributed by atoms with Crippen molar-refractivity contribution >= 4 is 28.6 Å².